The maximum absolute atomic E-state index is 12.4. The van der Waals surface area contributed by atoms with Crippen molar-refractivity contribution in [2.75, 3.05) is 19.7 Å². The molecule has 0 bridgehead atoms. The molecule has 0 spiro atoms. The lowest BCUT2D eigenvalue weighted by molar-refractivity contribution is 0.0834. The normalized spacial score (nSPS) is 12.3. The Morgan fingerprint density at radius 1 is 1.24 bits per heavy atom. The van der Waals surface area contributed by atoms with Crippen LogP contribution in [0.3, 0.4) is 0 Å². The lowest BCUT2D eigenvalue weighted by Gasteiger charge is -2.10. The van der Waals surface area contributed by atoms with Crippen molar-refractivity contribution in [2.24, 2.45) is 0 Å². The van der Waals surface area contributed by atoms with Gasteiger partial charge in [0.05, 0.1) is 12.7 Å². The van der Waals surface area contributed by atoms with E-state index in [2.05, 4.69) is 10.0 Å². The van der Waals surface area contributed by atoms with E-state index >= 15 is 0 Å². The van der Waals surface area contributed by atoms with Crippen LogP contribution < -0.4 is 10.0 Å². The van der Waals surface area contributed by atoms with Gasteiger partial charge >= 0.3 is 0 Å². The summed E-state index contributed by atoms with van der Waals surface area (Å²) in [5.41, 5.74) is 0.687. The molecule has 0 aromatic carbocycles. The van der Waals surface area contributed by atoms with E-state index in [4.69, 9.17) is 9.15 Å². The van der Waals surface area contributed by atoms with Crippen molar-refractivity contribution >= 4 is 10.0 Å². The number of nitrogens with one attached hydrogen (secondary N) is 2. The largest absolute Gasteiger partial charge is 0.465 e. The Labute approximate surface area is 127 Å². The summed E-state index contributed by atoms with van der Waals surface area (Å²) in [6, 6.07) is 0. The fraction of sp³-hybridized carbons (Fsp3) is 0.714. The summed E-state index contributed by atoms with van der Waals surface area (Å²) in [5.74, 6) is 1.05. The molecule has 1 heterocycles. The van der Waals surface area contributed by atoms with Crippen LogP contribution in [0.2, 0.25) is 0 Å². The van der Waals surface area contributed by atoms with E-state index in [1.54, 1.807) is 13.8 Å². The molecule has 0 aliphatic carbocycles. The molecule has 0 radical (unpaired) electrons. The summed E-state index contributed by atoms with van der Waals surface area (Å²) < 4.78 is 38.3. The topological polar surface area (TPSA) is 80.6 Å². The molecule has 7 heteroatoms. The molecule has 0 unspecified atom stereocenters. The van der Waals surface area contributed by atoms with E-state index in [-0.39, 0.29) is 17.5 Å². The van der Waals surface area contributed by atoms with Gasteiger partial charge in [-0.05, 0) is 34.2 Å². The quantitative estimate of drug-likeness (QED) is 0.678. The fourth-order valence-corrected chi connectivity index (χ4v) is 3.52. The van der Waals surface area contributed by atoms with Crippen LogP contribution in [-0.4, -0.2) is 34.2 Å². The summed E-state index contributed by atoms with van der Waals surface area (Å²) in [6.07, 6.45) is 0.0803. The second kappa shape index (κ2) is 7.93. The second-order valence-electron chi connectivity index (χ2n) is 5.12. The predicted octanol–water partition coefficient (Wildman–Crippen LogP) is 1.71. The Kier molecular flexibility index (Phi) is 6.86. The third-order valence-corrected chi connectivity index (χ3v) is 4.65. The van der Waals surface area contributed by atoms with Crippen LogP contribution in [0.4, 0.5) is 0 Å². The lowest BCUT2D eigenvalue weighted by atomic mass is 10.2. The maximum atomic E-state index is 12.4. The van der Waals surface area contributed by atoms with Crippen LogP contribution in [0.5, 0.6) is 0 Å². The number of hydrogen-bond donors (Lipinski definition) is 2. The SMILES string of the molecule is CCNCc1c(C)oc(C)c1S(=O)(=O)NCCOC(C)C. The number of rotatable bonds is 9. The first-order valence-corrected chi connectivity index (χ1v) is 8.68. The Hall–Kier alpha value is -0.890. The van der Waals surface area contributed by atoms with Gasteiger partial charge in [-0.15, -0.1) is 0 Å². The number of ether oxygens (including phenoxy) is 1. The van der Waals surface area contributed by atoms with Crippen LogP contribution in [0.1, 0.15) is 37.9 Å². The summed E-state index contributed by atoms with van der Waals surface area (Å²) in [4.78, 5) is 0.241. The molecule has 122 valence electrons. The molecule has 1 rings (SSSR count). The Balaban J connectivity index is 2.86. The van der Waals surface area contributed by atoms with Crippen LogP contribution in [0.25, 0.3) is 0 Å². The molecule has 0 saturated heterocycles. The van der Waals surface area contributed by atoms with E-state index in [9.17, 15) is 8.42 Å². The molecular weight excluding hydrogens is 292 g/mol. The third kappa shape index (κ3) is 5.10. The van der Waals surface area contributed by atoms with Crippen molar-refractivity contribution in [1.82, 2.24) is 10.0 Å². The van der Waals surface area contributed by atoms with Gasteiger partial charge in [0, 0.05) is 18.7 Å². The molecule has 1 aromatic rings. The van der Waals surface area contributed by atoms with Gasteiger partial charge in [-0.1, -0.05) is 6.92 Å². The van der Waals surface area contributed by atoms with Crippen LogP contribution in [-0.2, 0) is 21.3 Å². The summed E-state index contributed by atoms with van der Waals surface area (Å²) in [7, 11) is -3.59. The maximum Gasteiger partial charge on any atom is 0.244 e. The smallest absolute Gasteiger partial charge is 0.244 e. The standard InChI is InChI=1S/C14H26N2O4S/c1-6-15-9-13-11(4)20-12(5)14(13)21(17,18)16-7-8-19-10(2)3/h10,15-16H,6-9H2,1-5H3. The van der Waals surface area contributed by atoms with Gasteiger partial charge in [-0.2, -0.15) is 0 Å². The van der Waals surface area contributed by atoms with Crippen molar-refractivity contribution in [3.63, 3.8) is 0 Å². The number of sulfonamides is 1. The summed E-state index contributed by atoms with van der Waals surface area (Å²) in [6.45, 7) is 11.1. The van der Waals surface area contributed by atoms with Gasteiger partial charge in [0.1, 0.15) is 16.4 Å². The first kappa shape index (κ1) is 18.2. The summed E-state index contributed by atoms with van der Waals surface area (Å²) >= 11 is 0. The highest BCUT2D eigenvalue weighted by Crippen LogP contribution is 2.26. The van der Waals surface area contributed by atoms with Crippen LogP contribution in [0, 0.1) is 13.8 Å². The van der Waals surface area contributed by atoms with Gasteiger partial charge < -0.3 is 14.5 Å². The minimum Gasteiger partial charge on any atom is -0.465 e. The number of aryl methyl sites for hydroxylation is 2. The van der Waals surface area contributed by atoms with E-state index < -0.39 is 10.0 Å². The first-order chi connectivity index (χ1) is 9.79. The van der Waals surface area contributed by atoms with E-state index in [0.717, 1.165) is 6.54 Å². The minimum atomic E-state index is -3.59. The van der Waals surface area contributed by atoms with Crippen LogP contribution >= 0.6 is 0 Å². The lowest BCUT2D eigenvalue weighted by Crippen LogP contribution is -2.29. The zero-order chi connectivity index (χ0) is 16.0. The number of furan rings is 1. The van der Waals surface area contributed by atoms with Crippen molar-refractivity contribution in [2.45, 2.75) is 52.2 Å². The summed E-state index contributed by atoms with van der Waals surface area (Å²) in [5, 5.41) is 3.14. The molecule has 6 nitrogen and oxygen atoms in total. The van der Waals surface area contributed by atoms with Gasteiger partial charge in [0.2, 0.25) is 10.0 Å². The Morgan fingerprint density at radius 2 is 1.90 bits per heavy atom. The van der Waals surface area contributed by atoms with Gasteiger partial charge in [0.15, 0.2) is 0 Å². The molecule has 2 N–H and O–H groups in total. The molecule has 0 atom stereocenters. The average molecular weight is 318 g/mol. The average Bonchev–Trinajstić information content (AvgIpc) is 2.67. The van der Waals surface area contributed by atoms with Crippen LogP contribution in [0.15, 0.2) is 9.31 Å². The molecular formula is C14H26N2O4S. The molecule has 0 aliphatic heterocycles. The molecule has 0 fully saturated rings. The molecule has 0 saturated carbocycles. The monoisotopic (exact) mass is 318 g/mol. The van der Waals surface area contributed by atoms with Gasteiger partial charge in [-0.25, -0.2) is 13.1 Å². The molecule has 1 aromatic heterocycles. The molecule has 0 amide bonds. The van der Waals surface area contributed by atoms with Crippen molar-refractivity contribution in [1.29, 1.82) is 0 Å². The second-order valence-corrected chi connectivity index (χ2v) is 6.82. The molecule has 0 aliphatic rings. The van der Waals surface area contributed by atoms with E-state index in [0.29, 0.717) is 30.2 Å². The molecule has 21 heavy (non-hydrogen) atoms. The Morgan fingerprint density at radius 3 is 2.48 bits per heavy atom. The zero-order valence-corrected chi connectivity index (χ0v) is 14.3. The number of hydrogen-bond acceptors (Lipinski definition) is 5. The third-order valence-electron chi connectivity index (χ3n) is 2.99. The van der Waals surface area contributed by atoms with Crippen molar-refractivity contribution in [3.8, 4) is 0 Å². The first-order valence-electron chi connectivity index (χ1n) is 7.20. The van der Waals surface area contributed by atoms with Gasteiger partial charge in [0.25, 0.3) is 0 Å². The Bertz CT molecular complexity index is 550. The zero-order valence-electron chi connectivity index (χ0n) is 13.4. The van der Waals surface area contributed by atoms with E-state index in [1.807, 2.05) is 20.8 Å². The van der Waals surface area contributed by atoms with Crippen molar-refractivity contribution < 1.29 is 17.6 Å². The fourth-order valence-electron chi connectivity index (χ4n) is 2.06. The minimum absolute atomic E-state index is 0.0803. The van der Waals surface area contributed by atoms with E-state index in [1.165, 1.54) is 0 Å². The predicted molar refractivity (Wildman–Crippen MR) is 81.8 cm³/mol. The highest BCUT2D eigenvalue weighted by Gasteiger charge is 2.26. The van der Waals surface area contributed by atoms with Crippen molar-refractivity contribution in [3.05, 3.63) is 17.1 Å². The highest BCUT2D eigenvalue weighted by molar-refractivity contribution is 7.89. The van der Waals surface area contributed by atoms with Gasteiger partial charge in [-0.3, -0.25) is 0 Å². The highest BCUT2D eigenvalue weighted by atomic mass is 32.2.